The number of fused-ring (bicyclic) bond motifs is 2. The lowest BCUT2D eigenvalue weighted by atomic mass is 10.1. The average molecular weight is 380 g/mol. The lowest BCUT2D eigenvalue weighted by Crippen LogP contribution is -2.45. The number of nitrogen functional groups attached to an aromatic ring is 1. The van der Waals surface area contributed by atoms with E-state index in [1.807, 2.05) is 0 Å². The van der Waals surface area contributed by atoms with Crippen LogP contribution in [-0.2, 0) is 4.79 Å². The van der Waals surface area contributed by atoms with Gasteiger partial charge in [0.15, 0.2) is 0 Å². The Labute approximate surface area is 162 Å². The quantitative estimate of drug-likeness (QED) is 0.532. The van der Waals surface area contributed by atoms with Gasteiger partial charge in [0.05, 0.1) is 10.8 Å². The lowest BCUT2D eigenvalue weighted by molar-refractivity contribution is -0.116. The molecule has 1 aliphatic heterocycles. The number of carbonyl (C=O) groups excluding carboxylic acids is 1. The van der Waals surface area contributed by atoms with Crippen molar-refractivity contribution in [2.45, 2.75) is 6.42 Å². The average Bonchev–Trinajstić information content (AvgIpc) is 2.68. The molecule has 0 unspecified atom stereocenters. The van der Waals surface area contributed by atoms with E-state index >= 15 is 0 Å². The third-order valence-electron chi connectivity index (χ3n) is 5.23. The number of nitrogens with two attached hydrogens (primary N) is 1. The molecule has 1 aliphatic rings. The summed E-state index contributed by atoms with van der Waals surface area (Å²) in [6.45, 7) is 4.79. The highest BCUT2D eigenvalue weighted by Crippen LogP contribution is 2.23. The predicted octanol–water partition coefficient (Wildman–Crippen LogP) is 2.10. The molecule has 7 heteroatoms. The Kier molecular flexibility index (Phi) is 5.02. The Balaban J connectivity index is 1.48. The Morgan fingerprint density at radius 1 is 1.07 bits per heavy atom. The Hall–Kier alpha value is -2.90. The zero-order valence-corrected chi connectivity index (χ0v) is 15.9. The molecule has 2 aromatic carbocycles. The zero-order chi connectivity index (χ0) is 19.7. The van der Waals surface area contributed by atoms with Crippen LogP contribution < -0.4 is 16.5 Å². The molecule has 4 rings (SSSR count). The molecule has 28 heavy (non-hydrogen) atoms. The highest BCUT2D eigenvalue weighted by Gasteiger charge is 2.15. The van der Waals surface area contributed by atoms with Gasteiger partial charge in [0, 0.05) is 56.6 Å². The number of piperazine rings is 1. The SMILES string of the molecule is CN1CCN(CCC(=O)Nc2ccc3c(=O)c4cc(N)ccc4oc3c2)CC1. The fraction of sp³-hybridized carbons (Fsp3) is 0.333. The molecule has 0 bridgehead atoms. The largest absolute Gasteiger partial charge is 0.456 e. The molecule has 1 amide bonds. The summed E-state index contributed by atoms with van der Waals surface area (Å²) in [5.74, 6) is -0.0470. The summed E-state index contributed by atoms with van der Waals surface area (Å²) in [4.78, 5) is 29.6. The maximum Gasteiger partial charge on any atom is 0.225 e. The fourth-order valence-electron chi connectivity index (χ4n) is 3.50. The minimum absolute atomic E-state index is 0.0470. The monoisotopic (exact) mass is 380 g/mol. The molecule has 0 radical (unpaired) electrons. The van der Waals surface area contributed by atoms with Gasteiger partial charge in [0.25, 0.3) is 0 Å². The summed E-state index contributed by atoms with van der Waals surface area (Å²) in [5.41, 5.74) is 7.70. The van der Waals surface area contributed by atoms with E-state index in [4.69, 9.17) is 10.2 Å². The third-order valence-corrected chi connectivity index (χ3v) is 5.23. The Bertz CT molecular complexity index is 1080. The van der Waals surface area contributed by atoms with E-state index in [9.17, 15) is 9.59 Å². The summed E-state index contributed by atoms with van der Waals surface area (Å²) in [7, 11) is 2.11. The second kappa shape index (κ2) is 7.61. The molecule has 0 aliphatic carbocycles. The minimum Gasteiger partial charge on any atom is -0.456 e. The van der Waals surface area contributed by atoms with E-state index in [-0.39, 0.29) is 11.3 Å². The number of benzene rings is 2. The van der Waals surface area contributed by atoms with Crippen molar-refractivity contribution >= 4 is 39.2 Å². The van der Waals surface area contributed by atoms with E-state index < -0.39 is 0 Å². The fourth-order valence-corrected chi connectivity index (χ4v) is 3.50. The first-order chi connectivity index (χ1) is 13.5. The van der Waals surface area contributed by atoms with E-state index in [2.05, 4.69) is 22.2 Å². The number of anilines is 2. The molecule has 1 aromatic heterocycles. The number of nitrogens with zero attached hydrogens (tertiary/aromatic N) is 2. The van der Waals surface area contributed by atoms with Gasteiger partial charge in [-0.05, 0) is 37.4 Å². The first-order valence-corrected chi connectivity index (χ1v) is 9.46. The van der Waals surface area contributed by atoms with Gasteiger partial charge in [0.2, 0.25) is 11.3 Å². The van der Waals surface area contributed by atoms with Gasteiger partial charge >= 0.3 is 0 Å². The Morgan fingerprint density at radius 3 is 2.64 bits per heavy atom. The van der Waals surface area contributed by atoms with E-state index in [1.165, 1.54) is 0 Å². The number of carbonyl (C=O) groups is 1. The molecular formula is C21H24N4O3. The number of hydrogen-bond donors (Lipinski definition) is 2. The number of amides is 1. The number of hydrogen-bond acceptors (Lipinski definition) is 6. The normalized spacial score (nSPS) is 15.9. The highest BCUT2D eigenvalue weighted by molar-refractivity contribution is 5.96. The van der Waals surface area contributed by atoms with Crippen molar-refractivity contribution in [3.05, 3.63) is 46.6 Å². The molecule has 0 atom stereocenters. The zero-order valence-electron chi connectivity index (χ0n) is 15.9. The van der Waals surface area contributed by atoms with Crippen molar-refractivity contribution in [2.24, 2.45) is 0 Å². The highest BCUT2D eigenvalue weighted by atomic mass is 16.3. The van der Waals surface area contributed by atoms with Gasteiger partial charge in [-0.2, -0.15) is 0 Å². The second-order valence-corrected chi connectivity index (χ2v) is 7.34. The van der Waals surface area contributed by atoms with Crippen LogP contribution in [0.4, 0.5) is 11.4 Å². The molecule has 146 valence electrons. The van der Waals surface area contributed by atoms with Crippen molar-refractivity contribution in [3.8, 4) is 0 Å². The van der Waals surface area contributed by atoms with Crippen LogP contribution in [0.3, 0.4) is 0 Å². The van der Waals surface area contributed by atoms with Crippen LogP contribution >= 0.6 is 0 Å². The molecule has 7 nitrogen and oxygen atoms in total. The predicted molar refractivity (Wildman–Crippen MR) is 112 cm³/mol. The smallest absolute Gasteiger partial charge is 0.225 e. The topological polar surface area (TPSA) is 91.8 Å². The van der Waals surface area contributed by atoms with Gasteiger partial charge in [-0.25, -0.2) is 0 Å². The maximum absolute atomic E-state index is 12.7. The minimum atomic E-state index is -0.128. The van der Waals surface area contributed by atoms with Gasteiger partial charge in [-0.1, -0.05) is 0 Å². The van der Waals surface area contributed by atoms with Crippen LogP contribution in [0.25, 0.3) is 21.9 Å². The van der Waals surface area contributed by atoms with Crippen LogP contribution in [-0.4, -0.2) is 55.5 Å². The van der Waals surface area contributed by atoms with Crippen molar-refractivity contribution in [2.75, 3.05) is 50.8 Å². The van der Waals surface area contributed by atoms with Gasteiger partial charge in [0.1, 0.15) is 11.2 Å². The van der Waals surface area contributed by atoms with Crippen molar-refractivity contribution in [1.29, 1.82) is 0 Å². The van der Waals surface area contributed by atoms with Crippen LogP contribution in [0, 0.1) is 0 Å². The van der Waals surface area contributed by atoms with E-state index in [1.54, 1.807) is 36.4 Å². The van der Waals surface area contributed by atoms with E-state index in [0.29, 0.717) is 39.7 Å². The van der Waals surface area contributed by atoms with Crippen LogP contribution in [0.1, 0.15) is 6.42 Å². The summed E-state index contributed by atoms with van der Waals surface area (Å²) in [6.07, 6.45) is 0.433. The molecule has 0 saturated carbocycles. The maximum atomic E-state index is 12.7. The van der Waals surface area contributed by atoms with Crippen molar-refractivity contribution in [3.63, 3.8) is 0 Å². The van der Waals surface area contributed by atoms with Crippen LogP contribution in [0.15, 0.2) is 45.6 Å². The first-order valence-electron chi connectivity index (χ1n) is 9.46. The van der Waals surface area contributed by atoms with Gasteiger partial charge in [-0.3, -0.25) is 9.59 Å². The number of nitrogens with one attached hydrogen (secondary N) is 1. The molecule has 1 fully saturated rings. The van der Waals surface area contributed by atoms with Crippen LogP contribution in [0.2, 0.25) is 0 Å². The van der Waals surface area contributed by atoms with Gasteiger partial charge in [-0.15, -0.1) is 0 Å². The molecule has 3 N–H and O–H groups in total. The summed E-state index contributed by atoms with van der Waals surface area (Å²) in [6, 6.07) is 10.1. The summed E-state index contributed by atoms with van der Waals surface area (Å²) >= 11 is 0. The second-order valence-electron chi connectivity index (χ2n) is 7.34. The van der Waals surface area contributed by atoms with Gasteiger partial charge < -0.3 is 25.3 Å². The van der Waals surface area contributed by atoms with Crippen molar-refractivity contribution in [1.82, 2.24) is 9.80 Å². The molecule has 2 heterocycles. The molecule has 3 aromatic rings. The van der Waals surface area contributed by atoms with Crippen molar-refractivity contribution < 1.29 is 9.21 Å². The number of rotatable bonds is 4. The molecule has 0 spiro atoms. The third kappa shape index (κ3) is 3.85. The molecular weight excluding hydrogens is 356 g/mol. The Morgan fingerprint density at radius 2 is 1.86 bits per heavy atom. The molecule has 1 saturated heterocycles. The number of likely N-dealkylation sites (N-methyl/N-ethyl adjacent to an activating group) is 1. The standard InChI is InChI=1S/C21H24N4O3/c1-24-8-10-25(11-9-24)7-6-20(26)23-15-3-4-16-19(13-15)28-18-5-2-14(22)12-17(18)21(16)27/h2-5,12-13H,6-11,22H2,1H3,(H,23,26). The summed E-state index contributed by atoms with van der Waals surface area (Å²) in [5, 5.41) is 3.82. The van der Waals surface area contributed by atoms with E-state index in [0.717, 1.165) is 32.7 Å². The summed E-state index contributed by atoms with van der Waals surface area (Å²) < 4.78 is 5.85. The van der Waals surface area contributed by atoms with Crippen LogP contribution in [0.5, 0.6) is 0 Å². The lowest BCUT2D eigenvalue weighted by Gasteiger charge is -2.32. The first kappa shape index (κ1) is 18.5.